The van der Waals surface area contributed by atoms with E-state index >= 15 is 0 Å². The smallest absolute Gasteiger partial charge is 0.360 e. The summed E-state index contributed by atoms with van der Waals surface area (Å²) in [6.07, 6.45) is 1.19. The quantitative estimate of drug-likeness (QED) is 0.479. The lowest BCUT2D eigenvalue weighted by Gasteiger charge is -2.23. The van der Waals surface area contributed by atoms with Gasteiger partial charge in [-0.25, -0.2) is 9.78 Å². The maximum atomic E-state index is 13.9. The number of amides is 1. The molecule has 2 N–H and O–H groups in total. The third-order valence-electron chi connectivity index (χ3n) is 5.91. The molecular weight excluding hydrogens is 414 g/mol. The average molecular weight is 433 g/mol. The number of benzene rings is 2. The van der Waals surface area contributed by atoms with Gasteiger partial charge in [0.25, 0.3) is 0 Å². The molecule has 2 aliphatic rings. The fourth-order valence-corrected chi connectivity index (χ4v) is 4.38. The van der Waals surface area contributed by atoms with E-state index < -0.39 is 11.4 Å². The number of oxazole rings is 1. The largest absolute Gasteiger partial charge is 0.507 e. The molecule has 3 heterocycles. The number of methoxy groups -OCH3 is 1. The zero-order chi connectivity index (χ0) is 22.6. The van der Waals surface area contributed by atoms with Crippen molar-refractivity contribution in [2.75, 3.05) is 18.6 Å². The van der Waals surface area contributed by atoms with Gasteiger partial charge in [-0.2, -0.15) is 0 Å². The van der Waals surface area contributed by atoms with Crippen molar-refractivity contribution in [1.29, 1.82) is 5.41 Å². The number of para-hydroxylation sites is 1. The van der Waals surface area contributed by atoms with E-state index in [2.05, 4.69) is 9.72 Å². The van der Waals surface area contributed by atoms with E-state index in [1.165, 1.54) is 19.4 Å². The molecule has 2 aliphatic heterocycles. The van der Waals surface area contributed by atoms with Crippen LogP contribution in [0.25, 0.3) is 0 Å². The van der Waals surface area contributed by atoms with Crippen LogP contribution in [-0.2, 0) is 21.5 Å². The molecule has 1 unspecified atom stereocenters. The molecule has 9 heteroatoms. The van der Waals surface area contributed by atoms with Crippen molar-refractivity contribution in [2.45, 2.75) is 18.9 Å². The van der Waals surface area contributed by atoms with E-state index in [9.17, 15) is 14.7 Å². The molecule has 0 saturated carbocycles. The number of aromatic nitrogens is 1. The first-order valence-corrected chi connectivity index (χ1v) is 9.87. The Bertz CT molecular complexity index is 1300. The summed E-state index contributed by atoms with van der Waals surface area (Å²) >= 11 is 0. The van der Waals surface area contributed by atoms with Gasteiger partial charge in [-0.1, -0.05) is 18.2 Å². The summed E-state index contributed by atoms with van der Waals surface area (Å²) in [5, 5.41) is 18.3. The van der Waals surface area contributed by atoms with E-state index in [1.54, 1.807) is 17.9 Å². The molecule has 1 aromatic heterocycles. The molecule has 0 saturated heterocycles. The first kappa shape index (κ1) is 19.8. The number of esters is 1. The standard InChI is InChI=1S/C23H19N3O6/c1-12(24)13-7-15-19(8-18(13)27)32-11-23(15)14-5-3-4-6-17(14)26(22(23)29)9-20-25-16(10-31-20)21(28)30-2/h3-8,10,24,27H,9,11H2,1-2H3. The van der Waals surface area contributed by atoms with Gasteiger partial charge in [0.2, 0.25) is 11.8 Å². The molecule has 0 fully saturated rings. The Morgan fingerprint density at radius 3 is 2.84 bits per heavy atom. The average Bonchev–Trinajstić information content (AvgIpc) is 3.46. The number of nitrogens with one attached hydrogen (secondary N) is 1. The summed E-state index contributed by atoms with van der Waals surface area (Å²) in [6.45, 7) is 1.65. The van der Waals surface area contributed by atoms with Crippen molar-refractivity contribution in [3.05, 3.63) is 70.9 Å². The fourth-order valence-electron chi connectivity index (χ4n) is 4.38. The molecule has 0 aliphatic carbocycles. The maximum absolute atomic E-state index is 13.9. The van der Waals surface area contributed by atoms with Crippen LogP contribution in [0, 0.1) is 5.41 Å². The lowest BCUT2D eigenvalue weighted by Crippen LogP contribution is -2.42. The summed E-state index contributed by atoms with van der Waals surface area (Å²) in [5.74, 6) is -0.348. The fraction of sp³-hybridized carbons (Fsp3) is 0.217. The topological polar surface area (TPSA) is 126 Å². The molecule has 3 aromatic rings. The highest BCUT2D eigenvalue weighted by Crippen LogP contribution is 2.53. The molecule has 0 bridgehead atoms. The number of phenols is 1. The van der Waals surface area contributed by atoms with Gasteiger partial charge in [-0.3, -0.25) is 4.79 Å². The summed E-state index contributed by atoms with van der Waals surface area (Å²) < 4.78 is 15.9. The monoisotopic (exact) mass is 433 g/mol. The van der Waals surface area contributed by atoms with Gasteiger partial charge >= 0.3 is 5.97 Å². The molecule has 1 spiro atoms. The van der Waals surface area contributed by atoms with Gasteiger partial charge in [0, 0.05) is 28.6 Å². The highest BCUT2D eigenvalue weighted by molar-refractivity contribution is 6.12. The molecule has 0 radical (unpaired) electrons. The Labute approximate surface area is 182 Å². The lowest BCUT2D eigenvalue weighted by atomic mass is 9.76. The zero-order valence-electron chi connectivity index (χ0n) is 17.3. The SMILES string of the molecule is COC(=O)c1coc(CN2C(=O)C3(COc4cc(O)c(C(C)=N)cc43)c3ccccc32)n1. The number of phenolic OH excluding ortho intramolecular Hbond substituents is 1. The highest BCUT2D eigenvalue weighted by Gasteiger charge is 2.57. The van der Waals surface area contributed by atoms with Crippen molar-refractivity contribution in [2.24, 2.45) is 0 Å². The second-order valence-electron chi connectivity index (χ2n) is 7.71. The summed E-state index contributed by atoms with van der Waals surface area (Å²) in [7, 11) is 1.25. The van der Waals surface area contributed by atoms with Crippen molar-refractivity contribution >= 4 is 23.3 Å². The van der Waals surface area contributed by atoms with E-state index in [4.69, 9.17) is 14.6 Å². The van der Waals surface area contributed by atoms with Crippen LogP contribution in [0.15, 0.2) is 47.1 Å². The van der Waals surface area contributed by atoms with Crippen LogP contribution in [0.1, 0.15) is 40.0 Å². The van der Waals surface area contributed by atoms with Gasteiger partial charge in [-0.05, 0) is 24.6 Å². The number of rotatable bonds is 4. The minimum atomic E-state index is -1.12. The minimum Gasteiger partial charge on any atom is -0.507 e. The van der Waals surface area contributed by atoms with Crippen LogP contribution >= 0.6 is 0 Å². The van der Waals surface area contributed by atoms with E-state index in [1.807, 2.05) is 24.3 Å². The summed E-state index contributed by atoms with van der Waals surface area (Å²) in [6, 6.07) is 10.5. The Morgan fingerprint density at radius 1 is 1.31 bits per heavy atom. The van der Waals surface area contributed by atoms with Crippen molar-refractivity contribution in [1.82, 2.24) is 4.98 Å². The Balaban J connectivity index is 1.61. The lowest BCUT2D eigenvalue weighted by molar-refractivity contribution is -0.122. The molecular formula is C23H19N3O6. The number of aromatic hydroxyl groups is 1. The Morgan fingerprint density at radius 2 is 2.09 bits per heavy atom. The molecule has 2 aromatic carbocycles. The predicted molar refractivity (Wildman–Crippen MR) is 112 cm³/mol. The number of nitrogens with zero attached hydrogens (tertiary/aromatic N) is 2. The predicted octanol–water partition coefficient (Wildman–Crippen LogP) is 2.78. The van der Waals surface area contributed by atoms with Crippen LogP contribution in [0.2, 0.25) is 0 Å². The number of hydrogen-bond donors (Lipinski definition) is 2. The highest BCUT2D eigenvalue weighted by atomic mass is 16.5. The number of carbonyl (C=O) groups is 2. The molecule has 1 amide bonds. The summed E-state index contributed by atoms with van der Waals surface area (Å²) in [5.41, 5.74) is 1.44. The third-order valence-corrected chi connectivity index (χ3v) is 5.91. The van der Waals surface area contributed by atoms with E-state index in [-0.39, 0.29) is 42.1 Å². The van der Waals surface area contributed by atoms with Crippen molar-refractivity contribution in [3.63, 3.8) is 0 Å². The van der Waals surface area contributed by atoms with E-state index in [0.717, 1.165) is 5.56 Å². The molecule has 5 rings (SSSR count). The number of fused-ring (bicyclic) bond motifs is 4. The number of carbonyl (C=O) groups excluding carboxylic acids is 2. The second kappa shape index (κ2) is 6.94. The first-order valence-electron chi connectivity index (χ1n) is 9.87. The van der Waals surface area contributed by atoms with Crippen molar-refractivity contribution < 1.29 is 28.6 Å². The molecule has 162 valence electrons. The van der Waals surface area contributed by atoms with Crippen LogP contribution in [-0.4, -0.2) is 41.4 Å². The second-order valence-corrected chi connectivity index (χ2v) is 7.71. The van der Waals surface area contributed by atoms with Crippen LogP contribution in [0.5, 0.6) is 11.5 Å². The van der Waals surface area contributed by atoms with E-state index in [0.29, 0.717) is 22.6 Å². The van der Waals surface area contributed by atoms with Gasteiger partial charge < -0.3 is 29.3 Å². The van der Waals surface area contributed by atoms with Crippen LogP contribution in [0.4, 0.5) is 5.69 Å². The normalized spacial score (nSPS) is 18.4. The van der Waals surface area contributed by atoms with Crippen LogP contribution < -0.4 is 9.64 Å². The summed E-state index contributed by atoms with van der Waals surface area (Å²) in [4.78, 5) is 31.3. The number of hydrogen-bond acceptors (Lipinski definition) is 8. The molecule has 9 nitrogen and oxygen atoms in total. The third kappa shape index (κ3) is 2.64. The minimum absolute atomic E-state index is 0.0124. The van der Waals surface area contributed by atoms with Gasteiger partial charge in [-0.15, -0.1) is 0 Å². The van der Waals surface area contributed by atoms with Gasteiger partial charge in [0.1, 0.15) is 36.3 Å². The van der Waals surface area contributed by atoms with Gasteiger partial charge in [0.15, 0.2) is 5.69 Å². The van der Waals surface area contributed by atoms with Crippen LogP contribution in [0.3, 0.4) is 0 Å². The number of anilines is 1. The maximum Gasteiger partial charge on any atom is 0.360 e. The number of ether oxygens (including phenoxy) is 2. The zero-order valence-corrected chi connectivity index (χ0v) is 17.3. The molecule has 32 heavy (non-hydrogen) atoms. The first-order chi connectivity index (χ1) is 15.4. The van der Waals surface area contributed by atoms with Gasteiger partial charge in [0.05, 0.1) is 7.11 Å². The van der Waals surface area contributed by atoms with Crippen molar-refractivity contribution in [3.8, 4) is 11.5 Å². The Hall–Kier alpha value is -4.14. The Kier molecular flexibility index (Phi) is 4.30. The molecule has 1 atom stereocenters.